The van der Waals surface area contributed by atoms with E-state index in [1.165, 1.54) is 0 Å². The van der Waals surface area contributed by atoms with E-state index in [4.69, 9.17) is 10.8 Å². The smallest absolute Gasteiger partial charge is 0.335 e. The third kappa shape index (κ3) is 3.23. The first-order valence-corrected chi connectivity index (χ1v) is 1.37. The Morgan fingerprint density at radius 3 is 2.50 bits per heavy atom. The summed E-state index contributed by atoms with van der Waals surface area (Å²) in [6, 6.07) is -0.961. The van der Waals surface area contributed by atoms with Crippen LogP contribution in [-0.4, -0.2) is 17.9 Å². The molecule has 3 N–H and O–H groups in total. The number of nitrogens with one attached hydrogen (secondary N) is 2. The lowest BCUT2D eigenvalue weighted by Crippen LogP contribution is -2.22. The predicted molar refractivity (Wildman–Crippen MR) is 18.7 cm³/mol. The monoisotopic (exact) mass is 89.0 g/mol. The molecule has 0 aliphatic heterocycles. The molecule has 6 heavy (non-hydrogen) atoms. The van der Waals surface area contributed by atoms with Crippen LogP contribution in [0.15, 0.2) is 0 Å². The van der Waals surface area contributed by atoms with Gasteiger partial charge in [-0.15, -0.1) is 0 Å². The molecule has 0 atom stereocenters. The number of carbonyl (C=O) groups is 1. The number of rotatable bonds is 1. The molecule has 0 bridgehead atoms. The van der Waals surface area contributed by atoms with Crippen molar-refractivity contribution in [3.63, 3.8) is 0 Å². The summed E-state index contributed by atoms with van der Waals surface area (Å²) in [6.07, 6.45) is 0. The Labute approximate surface area is 34.9 Å². The molecule has 0 saturated heterocycles. The molecule has 0 saturated carbocycles. The Balaban J connectivity index is 2.83. The number of hydrogen-bond donors (Lipinski definition) is 2. The average molecular weight is 89.1 g/mol. The van der Waals surface area contributed by atoms with Gasteiger partial charge in [0.25, 0.3) is 0 Å². The van der Waals surface area contributed by atoms with Crippen molar-refractivity contribution in [1.82, 2.24) is 11.1 Å². The van der Waals surface area contributed by atoms with Crippen LogP contribution in [0.5, 0.6) is 0 Å². The van der Waals surface area contributed by atoms with E-state index in [0.717, 1.165) is 0 Å². The molecule has 0 aromatic heterocycles. The van der Waals surface area contributed by atoms with Crippen molar-refractivity contribution < 1.29 is 9.90 Å². The Morgan fingerprint density at radius 1 is 2.00 bits per heavy atom. The van der Waals surface area contributed by atoms with Crippen molar-refractivity contribution in [3.8, 4) is 0 Å². The van der Waals surface area contributed by atoms with E-state index in [9.17, 15) is 4.79 Å². The van der Waals surface area contributed by atoms with E-state index >= 15 is 0 Å². The molecule has 0 aliphatic rings. The topological polar surface area (TPSA) is 73.1 Å². The Kier molecular flexibility index (Phi) is 2.15. The standard InChI is InChI=1S/C2H5N2O2/c3-2(6)4-1-5/h3,5H,1H2,(H,4,6). The minimum absolute atomic E-state index is 0.456. The summed E-state index contributed by atoms with van der Waals surface area (Å²) in [5.74, 6) is 0. The Morgan fingerprint density at radius 2 is 2.50 bits per heavy atom. The van der Waals surface area contributed by atoms with Gasteiger partial charge < -0.3 is 10.4 Å². The zero-order valence-corrected chi connectivity index (χ0v) is 3.06. The van der Waals surface area contributed by atoms with E-state index in [1.807, 2.05) is 0 Å². The van der Waals surface area contributed by atoms with Gasteiger partial charge in [-0.1, -0.05) is 0 Å². The van der Waals surface area contributed by atoms with E-state index in [-0.39, 0.29) is 0 Å². The van der Waals surface area contributed by atoms with Gasteiger partial charge in [0.1, 0.15) is 6.73 Å². The van der Waals surface area contributed by atoms with Gasteiger partial charge in [-0.2, -0.15) is 0 Å². The molecular weight excluding hydrogens is 84.0 g/mol. The van der Waals surface area contributed by atoms with Gasteiger partial charge in [0.2, 0.25) is 0 Å². The average Bonchev–Trinajstić information content (AvgIpc) is 1.35. The van der Waals surface area contributed by atoms with E-state index in [1.54, 1.807) is 5.32 Å². The molecule has 0 rings (SSSR count). The molecule has 0 unspecified atom stereocenters. The lowest BCUT2D eigenvalue weighted by molar-refractivity contribution is 0.224. The van der Waals surface area contributed by atoms with Crippen LogP contribution in [0.3, 0.4) is 0 Å². The summed E-state index contributed by atoms with van der Waals surface area (Å²) >= 11 is 0. The Hall–Kier alpha value is -0.770. The zero-order valence-electron chi connectivity index (χ0n) is 3.06. The van der Waals surface area contributed by atoms with Crippen LogP contribution in [-0.2, 0) is 0 Å². The molecule has 2 amide bonds. The van der Waals surface area contributed by atoms with Crippen LogP contribution >= 0.6 is 0 Å². The van der Waals surface area contributed by atoms with Crippen LogP contribution in [0.2, 0.25) is 0 Å². The predicted octanol–water partition coefficient (Wildman–Crippen LogP) is -1.07. The van der Waals surface area contributed by atoms with Gasteiger partial charge in [-0.25, -0.2) is 10.5 Å². The second-order valence-electron chi connectivity index (χ2n) is 0.664. The van der Waals surface area contributed by atoms with Gasteiger partial charge in [-0.3, -0.25) is 0 Å². The second kappa shape index (κ2) is 2.47. The maximum atomic E-state index is 9.44. The van der Waals surface area contributed by atoms with Crippen LogP contribution in [0, 0.1) is 0 Å². The summed E-state index contributed by atoms with van der Waals surface area (Å²) in [6.45, 7) is -0.456. The van der Waals surface area contributed by atoms with Gasteiger partial charge in [0, 0.05) is 0 Å². The quantitative estimate of drug-likeness (QED) is 0.401. The fraction of sp³-hybridized carbons (Fsp3) is 0.500. The van der Waals surface area contributed by atoms with Crippen molar-refractivity contribution >= 4 is 6.03 Å². The maximum Gasteiger partial charge on any atom is 0.335 e. The third-order valence-electron chi connectivity index (χ3n) is 0.240. The largest absolute Gasteiger partial charge is 0.376 e. The number of aliphatic hydroxyl groups is 1. The molecular formula is C2H5N2O2. The first-order valence-electron chi connectivity index (χ1n) is 1.37. The highest BCUT2D eigenvalue weighted by atomic mass is 16.3. The molecule has 0 fully saturated rings. The molecule has 35 valence electrons. The molecule has 1 radical (unpaired) electrons. The lowest BCUT2D eigenvalue weighted by atomic mass is 11.0. The highest BCUT2D eigenvalue weighted by Crippen LogP contribution is 1.49. The highest BCUT2D eigenvalue weighted by molar-refractivity contribution is 5.70. The summed E-state index contributed by atoms with van der Waals surface area (Å²) in [5, 5.41) is 9.58. The number of urea groups is 1. The van der Waals surface area contributed by atoms with E-state index in [2.05, 4.69) is 0 Å². The third-order valence-corrected chi connectivity index (χ3v) is 0.240. The van der Waals surface area contributed by atoms with Gasteiger partial charge in [0.15, 0.2) is 0 Å². The van der Waals surface area contributed by atoms with Crippen LogP contribution in [0.25, 0.3) is 0 Å². The molecule has 0 aromatic rings. The molecule has 0 heterocycles. The molecule has 0 aromatic carbocycles. The number of aliphatic hydroxyl groups excluding tert-OH is 1. The van der Waals surface area contributed by atoms with Gasteiger partial charge in [-0.05, 0) is 0 Å². The van der Waals surface area contributed by atoms with Crippen molar-refractivity contribution in [2.45, 2.75) is 0 Å². The minimum Gasteiger partial charge on any atom is -0.376 e. The number of hydrogen-bond acceptors (Lipinski definition) is 2. The van der Waals surface area contributed by atoms with E-state index < -0.39 is 12.8 Å². The fourth-order valence-corrected chi connectivity index (χ4v) is 0.0718. The second-order valence-corrected chi connectivity index (χ2v) is 0.664. The number of amides is 2. The molecule has 0 aliphatic carbocycles. The van der Waals surface area contributed by atoms with Gasteiger partial charge >= 0.3 is 6.03 Å². The van der Waals surface area contributed by atoms with Crippen molar-refractivity contribution in [2.75, 3.05) is 6.73 Å². The van der Waals surface area contributed by atoms with Gasteiger partial charge in [0.05, 0.1) is 0 Å². The summed E-state index contributed by atoms with van der Waals surface area (Å²) in [4.78, 5) is 9.44. The maximum absolute atomic E-state index is 9.44. The van der Waals surface area contributed by atoms with E-state index in [0.29, 0.717) is 0 Å². The first kappa shape index (κ1) is 5.23. The summed E-state index contributed by atoms with van der Waals surface area (Å²) in [7, 11) is 0. The Bertz CT molecular complexity index is 53.5. The summed E-state index contributed by atoms with van der Waals surface area (Å²) < 4.78 is 0. The minimum atomic E-state index is -0.961. The van der Waals surface area contributed by atoms with Crippen molar-refractivity contribution in [1.29, 1.82) is 0 Å². The van der Waals surface area contributed by atoms with Crippen molar-refractivity contribution in [2.24, 2.45) is 0 Å². The molecule has 0 spiro atoms. The summed E-state index contributed by atoms with van der Waals surface area (Å²) in [5.41, 5.74) is 6.07. The first-order chi connectivity index (χ1) is 2.77. The highest BCUT2D eigenvalue weighted by Gasteiger charge is 1.82. The number of carbonyl (C=O) groups excluding carboxylic acids is 1. The molecule has 4 heteroatoms. The van der Waals surface area contributed by atoms with Crippen LogP contribution < -0.4 is 11.1 Å². The SMILES string of the molecule is [NH]C(=O)NCO. The van der Waals surface area contributed by atoms with Crippen LogP contribution in [0.4, 0.5) is 4.79 Å². The van der Waals surface area contributed by atoms with Crippen LogP contribution in [0.1, 0.15) is 0 Å². The van der Waals surface area contributed by atoms with Crippen molar-refractivity contribution in [3.05, 3.63) is 0 Å². The lowest BCUT2D eigenvalue weighted by Gasteiger charge is -1.86. The zero-order chi connectivity index (χ0) is 4.99. The normalized spacial score (nSPS) is 7.50. The fourth-order valence-electron chi connectivity index (χ4n) is 0.0718. The molecule has 4 nitrogen and oxygen atoms in total.